The van der Waals surface area contributed by atoms with Gasteiger partial charge >= 0.3 is 5.97 Å². The first-order chi connectivity index (χ1) is 21.8. The Labute approximate surface area is 274 Å². The summed E-state index contributed by atoms with van der Waals surface area (Å²) in [4.78, 5) is 27.0. The molecule has 1 saturated carbocycles. The number of benzene rings is 3. The van der Waals surface area contributed by atoms with E-state index in [0.29, 0.717) is 49.7 Å². The highest BCUT2D eigenvalue weighted by atomic mass is 35.5. The molecule has 6 rings (SSSR count). The number of carboxylic acids is 1. The lowest BCUT2D eigenvalue weighted by atomic mass is 9.61. The number of hydrogen-bond donors (Lipinski definition) is 1. The summed E-state index contributed by atoms with van der Waals surface area (Å²) in [6.45, 7) is 0.182. The van der Waals surface area contributed by atoms with Crippen molar-refractivity contribution >= 4 is 49.0 Å². The third-order valence-corrected chi connectivity index (χ3v) is 12.7. The van der Waals surface area contributed by atoms with Gasteiger partial charge in [-0.05, 0) is 105 Å². The highest BCUT2D eigenvalue weighted by molar-refractivity contribution is 7.92. The SMILES string of the molecule is [B]C([B])(Oc1ccc2c(c1)CCC1N(C(=O)C3CCC(C(=O)O)CC3)CC[C@@]21S(=O)(=O)c1ccc(F)cc1)c1c(F)cccc1Cl. The van der Waals surface area contributed by atoms with Crippen molar-refractivity contribution in [1.29, 1.82) is 0 Å². The summed E-state index contributed by atoms with van der Waals surface area (Å²) in [5, 5.41) is 7.23. The van der Waals surface area contributed by atoms with E-state index in [-0.39, 0.29) is 40.1 Å². The number of carboxylic acid groups (broad SMARTS) is 1. The summed E-state index contributed by atoms with van der Waals surface area (Å²) in [6.07, 6.45) is 2.40. The van der Waals surface area contributed by atoms with Gasteiger partial charge in [0.05, 0.1) is 22.3 Å². The maximum absolute atomic E-state index is 14.7. The standard InChI is InChI=1S/C33H30B2ClF2NO6S/c34-33(35,29-26(36)2-1-3-27(29)38)45-23-11-14-25-21(18-23)8-15-28-32(25,46(43,44)24-12-9-22(37)10-13-24)16-17-39(28)30(40)19-4-6-20(7-5-19)31(41)42/h1-3,9-14,18-20,28H,4-8,15-17H2,(H,41,42)/t19?,20?,28?,32-/m1/s1. The summed E-state index contributed by atoms with van der Waals surface area (Å²) in [6, 6.07) is 12.7. The molecule has 3 aliphatic rings. The second-order valence-corrected chi connectivity index (χ2v) is 15.0. The Hall–Kier alpha value is -3.37. The monoisotopic (exact) mass is 663 g/mol. The molecule has 3 aromatic rings. The zero-order valence-corrected chi connectivity index (χ0v) is 26.4. The quantitative estimate of drug-likeness (QED) is 0.274. The van der Waals surface area contributed by atoms with Gasteiger partial charge in [0, 0.05) is 23.0 Å². The van der Waals surface area contributed by atoms with E-state index in [4.69, 9.17) is 32.0 Å². The number of fused-ring (bicyclic) bond motifs is 3. The largest absolute Gasteiger partial charge is 0.502 e. The van der Waals surface area contributed by atoms with Crippen LogP contribution in [0.15, 0.2) is 65.6 Å². The van der Waals surface area contributed by atoms with Crippen LogP contribution in [-0.2, 0) is 36.0 Å². The van der Waals surface area contributed by atoms with E-state index in [2.05, 4.69) is 0 Å². The summed E-state index contributed by atoms with van der Waals surface area (Å²) in [7, 11) is 8.18. The molecular weight excluding hydrogens is 634 g/mol. The molecule has 0 bridgehead atoms. The first-order valence-corrected chi connectivity index (χ1v) is 17.0. The van der Waals surface area contributed by atoms with Crippen molar-refractivity contribution in [3.8, 4) is 5.75 Å². The summed E-state index contributed by atoms with van der Waals surface area (Å²) in [5.74, 6) is -3.11. The number of hydrogen-bond acceptors (Lipinski definition) is 5. The fraction of sp³-hybridized carbons (Fsp3) is 0.394. The average molecular weight is 664 g/mol. The zero-order chi connectivity index (χ0) is 33.0. The fourth-order valence-corrected chi connectivity index (χ4v) is 10.3. The van der Waals surface area contributed by atoms with Gasteiger partial charge in [0.1, 0.15) is 37.8 Å². The molecule has 1 aliphatic heterocycles. The van der Waals surface area contributed by atoms with E-state index in [1.54, 1.807) is 17.0 Å². The number of halogens is 3. The molecule has 4 radical (unpaired) electrons. The second-order valence-electron chi connectivity index (χ2n) is 12.4. The van der Waals surface area contributed by atoms with Crippen LogP contribution >= 0.6 is 11.6 Å². The Kier molecular flexibility index (Phi) is 8.51. The molecule has 3 aromatic carbocycles. The second kappa shape index (κ2) is 12.0. The van der Waals surface area contributed by atoms with E-state index >= 15 is 0 Å². The highest BCUT2D eigenvalue weighted by Gasteiger charge is 2.61. The normalized spacial score (nSPS) is 24.6. The zero-order valence-electron chi connectivity index (χ0n) is 24.8. The van der Waals surface area contributed by atoms with E-state index in [1.165, 1.54) is 30.3 Å². The number of amides is 1. The Morgan fingerprint density at radius 2 is 1.65 bits per heavy atom. The number of likely N-dealkylation sites (tertiary alicyclic amines) is 1. The lowest BCUT2D eigenvalue weighted by molar-refractivity contribution is -0.146. The fourth-order valence-electron chi connectivity index (χ4n) is 7.59. The number of carbonyl (C=O) groups is 2. The lowest BCUT2D eigenvalue weighted by Crippen LogP contribution is -2.53. The van der Waals surface area contributed by atoms with Crippen LogP contribution in [0.3, 0.4) is 0 Å². The molecule has 2 fully saturated rings. The summed E-state index contributed by atoms with van der Waals surface area (Å²) in [5.41, 5.74) is 0.868. The van der Waals surface area contributed by atoms with Crippen molar-refractivity contribution < 1.29 is 36.6 Å². The predicted octanol–water partition coefficient (Wildman–Crippen LogP) is 5.25. The number of rotatable bonds is 7. The van der Waals surface area contributed by atoms with Gasteiger partial charge in [0.2, 0.25) is 5.91 Å². The van der Waals surface area contributed by atoms with Gasteiger partial charge in [-0.15, -0.1) is 0 Å². The molecule has 1 heterocycles. The Morgan fingerprint density at radius 1 is 0.978 bits per heavy atom. The van der Waals surface area contributed by atoms with E-state index in [0.717, 1.165) is 18.2 Å². The highest BCUT2D eigenvalue weighted by Crippen LogP contribution is 2.54. The Balaban J connectivity index is 1.38. The minimum absolute atomic E-state index is 0.0256. The minimum atomic E-state index is -4.21. The van der Waals surface area contributed by atoms with Gasteiger partial charge < -0.3 is 14.7 Å². The van der Waals surface area contributed by atoms with Gasteiger partial charge in [-0.1, -0.05) is 23.7 Å². The number of aliphatic carboxylic acids is 1. The smallest absolute Gasteiger partial charge is 0.306 e. The molecule has 7 nitrogen and oxygen atoms in total. The number of aryl methyl sites for hydroxylation is 1. The molecule has 13 heteroatoms. The van der Waals surface area contributed by atoms with Crippen molar-refractivity contribution in [2.45, 2.75) is 66.0 Å². The van der Waals surface area contributed by atoms with Crippen LogP contribution in [-0.4, -0.2) is 58.6 Å². The van der Waals surface area contributed by atoms with Crippen molar-refractivity contribution in [2.75, 3.05) is 6.54 Å². The van der Waals surface area contributed by atoms with Crippen LogP contribution in [0, 0.1) is 23.5 Å². The van der Waals surface area contributed by atoms with Crippen LogP contribution in [0.2, 0.25) is 5.02 Å². The number of sulfone groups is 1. The van der Waals surface area contributed by atoms with Gasteiger partial charge in [-0.3, -0.25) is 9.59 Å². The van der Waals surface area contributed by atoms with E-state index in [1.807, 2.05) is 0 Å². The number of nitrogens with zero attached hydrogens (tertiary/aromatic N) is 1. The molecule has 1 N–H and O–H groups in total. The summed E-state index contributed by atoms with van der Waals surface area (Å²) < 4.78 is 62.1. The van der Waals surface area contributed by atoms with Gasteiger partial charge in [-0.2, -0.15) is 0 Å². The van der Waals surface area contributed by atoms with Crippen molar-refractivity contribution in [1.82, 2.24) is 4.90 Å². The number of carbonyl (C=O) groups excluding carboxylic acids is 1. The Morgan fingerprint density at radius 3 is 2.30 bits per heavy atom. The van der Waals surface area contributed by atoms with Gasteiger partial charge in [0.15, 0.2) is 9.84 Å². The van der Waals surface area contributed by atoms with Gasteiger partial charge in [0.25, 0.3) is 0 Å². The van der Waals surface area contributed by atoms with Crippen molar-refractivity contribution in [2.24, 2.45) is 11.8 Å². The Bertz CT molecular complexity index is 1780. The molecule has 2 aliphatic carbocycles. The van der Waals surface area contributed by atoms with Crippen LogP contribution in [0.4, 0.5) is 8.78 Å². The minimum Gasteiger partial charge on any atom is -0.502 e. The first kappa shape index (κ1) is 32.6. The van der Waals surface area contributed by atoms with E-state index in [9.17, 15) is 31.9 Å². The van der Waals surface area contributed by atoms with Crippen molar-refractivity contribution in [3.63, 3.8) is 0 Å². The predicted molar refractivity (Wildman–Crippen MR) is 168 cm³/mol. The molecular formula is C33H30B2ClF2NO6S. The molecule has 46 heavy (non-hydrogen) atoms. The van der Waals surface area contributed by atoms with Crippen LogP contribution in [0.25, 0.3) is 0 Å². The molecule has 2 atom stereocenters. The molecule has 236 valence electrons. The third kappa shape index (κ3) is 5.41. The van der Waals surface area contributed by atoms with Crippen LogP contribution < -0.4 is 4.74 Å². The van der Waals surface area contributed by atoms with E-state index < -0.39 is 55.5 Å². The average Bonchev–Trinajstić information content (AvgIpc) is 3.42. The maximum Gasteiger partial charge on any atom is 0.306 e. The molecule has 1 amide bonds. The van der Waals surface area contributed by atoms with Crippen LogP contribution in [0.5, 0.6) is 5.75 Å². The third-order valence-electron chi connectivity index (χ3n) is 9.81. The number of ether oxygens (including phenoxy) is 1. The molecule has 0 aromatic heterocycles. The maximum atomic E-state index is 14.7. The van der Waals surface area contributed by atoms with Crippen LogP contribution in [0.1, 0.15) is 55.2 Å². The molecule has 1 saturated heterocycles. The first-order valence-electron chi connectivity index (χ1n) is 15.1. The topological polar surface area (TPSA) is 101 Å². The molecule has 1 unspecified atom stereocenters. The molecule has 0 spiro atoms. The summed E-state index contributed by atoms with van der Waals surface area (Å²) >= 11 is 6.18. The van der Waals surface area contributed by atoms with Crippen molar-refractivity contribution in [3.05, 3.63) is 94.0 Å². The van der Waals surface area contributed by atoms with Gasteiger partial charge in [-0.25, -0.2) is 17.2 Å². The lowest BCUT2D eigenvalue weighted by Gasteiger charge is -2.43.